The van der Waals surface area contributed by atoms with Gasteiger partial charge in [-0.3, -0.25) is 4.68 Å². The van der Waals surface area contributed by atoms with Crippen molar-refractivity contribution in [2.24, 2.45) is 0 Å². The molecule has 5 nitrogen and oxygen atoms in total. The van der Waals surface area contributed by atoms with Crippen molar-refractivity contribution in [3.05, 3.63) is 29.7 Å². The van der Waals surface area contributed by atoms with E-state index < -0.39 is 11.9 Å². The molecule has 0 aromatic carbocycles. The van der Waals surface area contributed by atoms with Crippen LogP contribution in [-0.4, -0.2) is 26.1 Å². The molecule has 3 heterocycles. The molecule has 3 rings (SSSR count). The Morgan fingerprint density at radius 3 is 2.90 bits per heavy atom. The van der Waals surface area contributed by atoms with Gasteiger partial charge in [-0.1, -0.05) is 0 Å². The van der Waals surface area contributed by atoms with Gasteiger partial charge in [-0.2, -0.15) is 23.4 Å². The van der Waals surface area contributed by atoms with E-state index in [1.165, 1.54) is 4.68 Å². The smallest absolute Gasteiger partial charge is 0.370 e. The van der Waals surface area contributed by atoms with Crippen molar-refractivity contribution in [3.63, 3.8) is 0 Å². The van der Waals surface area contributed by atoms with Crippen molar-refractivity contribution >= 4 is 5.82 Å². The number of halogens is 3. The highest BCUT2D eigenvalue weighted by Crippen LogP contribution is 2.35. The Morgan fingerprint density at radius 2 is 2.25 bits per heavy atom. The Labute approximate surface area is 113 Å². The number of fused-ring (bicyclic) bond motifs is 1. The van der Waals surface area contributed by atoms with Crippen LogP contribution < -0.4 is 5.32 Å². The van der Waals surface area contributed by atoms with E-state index in [0.717, 1.165) is 18.2 Å². The molecule has 0 aliphatic carbocycles. The lowest BCUT2D eigenvalue weighted by Gasteiger charge is -2.24. The van der Waals surface area contributed by atoms with E-state index in [1.807, 2.05) is 13.1 Å². The third-order valence-electron chi connectivity index (χ3n) is 3.41. The largest absolute Gasteiger partial charge is 0.435 e. The average molecular weight is 285 g/mol. The fourth-order valence-corrected chi connectivity index (χ4v) is 2.39. The highest BCUT2D eigenvalue weighted by molar-refractivity contribution is 5.41. The molecule has 8 heteroatoms. The minimum absolute atomic E-state index is 0.206. The van der Waals surface area contributed by atoms with Crippen LogP contribution in [0.5, 0.6) is 0 Å². The minimum atomic E-state index is -4.43. The van der Waals surface area contributed by atoms with Crippen molar-refractivity contribution in [2.75, 3.05) is 11.9 Å². The van der Waals surface area contributed by atoms with Gasteiger partial charge in [0.1, 0.15) is 5.82 Å². The zero-order valence-corrected chi connectivity index (χ0v) is 10.9. The van der Waals surface area contributed by atoms with Gasteiger partial charge in [0.25, 0.3) is 0 Å². The van der Waals surface area contributed by atoms with Crippen molar-refractivity contribution < 1.29 is 13.2 Å². The predicted molar refractivity (Wildman–Crippen MR) is 66.4 cm³/mol. The third-order valence-corrected chi connectivity index (χ3v) is 3.41. The van der Waals surface area contributed by atoms with Crippen molar-refractivity contribution in [1.29, 1.82) is 0 Å². The maximum absolute atomic E-state index is 12.7. The van der Waals surface area contributed by atoms with Gasteiger partial charge in [0.2, 0.25) is 0 Å². The van der Waals surface area contributed by atoms with Gasteiger partial charge in [0, 0.05) is 30.9 Å². The fourth-order valence-electron chi connectivity index (χ4n) is 2.39. The molecular formula is C12H14F3N5. The SMILES string of the molecule is CCn1cc(C2CCNc3cc(C(F)(F)F)nn32)cn1. The molecule has 2 aromatic rings. The van der Waals surface area contributed by atoms with Crippen LogP contribution in [0.1, 0.15) is 30.6 Å². The monoisotopic (exact) mass is 285 g/mol. The lowest BCUT2D eigenvalue weighted by molar-refractivity contribution is -0.141. The summed E-state index contributed by atoms with van der Waals surface area (Å²) in [7, 11) is 0. The van der Waals surface area contributed by atoms with Crippen LogP contribution in [-0.2, 0) is 12.7 Å². The maximum Gasteiger partial charge on any atom is 0.435 e. The van der Waals surface area contributed by atoms with Crippen LogP contribution >= 0.6 is 0 Å². The van der Waals surface area contributed by atoms with Gasteiger partial charge >= 0.3 is 6.18 Å². The van der Waals surface area contributed by atoms with Gasteiger partial charge in [0.05, 0.1) is 12.2 Å². The Morgan fingerprint density at radius 1 is 1.45 bits per heavy atom. The number of anilines is 1. The summed E-state index contributed by atoms with van der Waals surface area (Å²) in [6.07, 6.45) is -0.196. The molecule has 0 spiro atoms. The molecule has 1 N–H and O–H groups in total. The summed E-state index contributed by atoms with van der Waals surface area (Å²) < 4.78 is 41.4. The topological polar surface area (TPSA) is 47.7 Å². The highest BCUT2D eigenvalue weighted by atomic mass is 19.4. The number of alkyl halides is 3. The summed E-state index contributed by atoms with van der Waals surface area (Å²) in [6, 6.07) is 0.846. The second kappa shape index (κ2) is 4.53. The molecular weight excluding hydrogens is 271 g/mol. The Balaban J connectivity index is 1.99. The molecule has 1 aliphatic heterocycles. The van der Waals surface area contributed by atoms with Crippen LogP contribution in [0.2, 0.25) is 0 Å². The quantitative estimate of drug-likeness (QED) is 0.922. The first kappa shape index (κ1) is 13.0. The molecule has 0 fully saturated rings. The summed E-state index contributed by atoms with van der Waals surface area (Å²) in [5.74, 6) is 0.401. The first-order valence-electron chi connectivity index (χ1n) is 6.42. The van der Waals surface area contributed by atoms with Gasteiger partial charge in [-0.25, -0.2) is 4.68 Å². The number of rotatable bonds is 2. The number of hydrogen-bond donors (Lipinski definition) is 1. The Kier molecular flexibility index (Phi) is 2.95. The molecule has 20 heavy (non-hydrogen) atoms. The van der Waals surface area contributed by atoms with E-state index in [1.54, 1.807) is 10.9 Å². The van der Waals surface area contributed by atoms with Gasteiger partial charge in [-0.15, -0.1) is 0 Å². The Bertz CT molecular complexity index is 613. The first-order chi connectivity index (χ1) is 9.49. The molecule has 0 radical (unpaired) electrons. The van der Waals surface area contributed by atoms with E-state index in [-0.39, 0.29) is 6.04 Å². The lowest BCUT2D eigenvalue weighted by Crippen LogP contribution is -2.24. The lowest BCUT2D eigenvalue weighted by atomic mass is 10.1. The van der Waals surface area contributed by atoms with E-state index >= 15 is 0 Å². The second-order valence-corrected chi connectivity index (χ2v) is 4.72. The Hall–Kier alpha value is -1.99. The fraction of sp³-hybridized carbons (Fsp3) is 0.500. The van der Waals surface area contributed by atoms with E-state index in [2.05, 4.69) is 15.5 Å². The standard InChI is InChI=1S/C12H14F3N5/c1-2-19-7-8(6-17-19)9-3-4-16-11-5-10(12(13,14)15)18-20(9)11/h5-7,9,16H,2-4H2,1H3. The molecule has 0 bridgehead atoms. The normalized spacial score (nSPS) is 18.7. The molecule has 2 aromatic heterocycles. The second-order valence-electron chi connectivity index (χ2n) is 4.72. The van der Waals surface area contributed by atoms with Crippen LogP contribution in [0.25, 0.3) is 0 Å². The van der Waals surface area contributed by atoms with E-state index in [4.69, 9.17) is 0 Å². The predicted octanol–water partition coefficient (Wildman–Crippen LogP) is 2.52. The molecule has 108 valence electrons. The van der Waals surface area contributed by atoms with Crippen LogP contribution in [0.4, 0.5) is 19.0 Å². The average Bonchev–Trinajstić information content (AvgIpc) is 3.04. The molecule has 0 amide bonds. The minimum Gasteiger partial charge on any atom is -0.370 e. The first-order valence-corrected chi connectivity index (χ1v) is 6.42. The third kappa shape index (κ3) is 2.14. The summed E-state index contributed by atoms with van der Waals surface area (Å²) in [5, 5.41) is 10.8. The summed E-state index contributed by atoms with van der Waals surface area (Å²) in [6.45, 7) is 3.30. The van der Waals surface area contributed by atoms with Crippen molar-refractivity contribution in [2.45, 2.75) is 32.1 Å². The molecule has 0 saturated heterocycles. The number of nitrogens with one attached hydrogen (secondary N) is 1. The number of aryl methyl sites for hydroxylation is 1. The zero-order chi connectivity index (χ0) is 14.3. The van der Waals surface area contributed by atoms with E-state index in [9.17, 15) is 13.2 Å². The van der Waals surface area contributed by atoms with Gasteiger partial charge in [-0.05, 0) is 13.3 Å². The number of hydrogen-bond acceptors (Lipinski definition) is 3. The molecule has 0 saturated carbocycles. The summed E-state index contributed by atoms with van der Waals surface area (Å²) in [5.41, 5.74) is 0.0150. The highest BCUT2D eigenvalue weighted by Gasteiger charge is 2.37. The van der Waals surface area contributed by atoms with Crippen LogP contribution in [0.15, 0.2) is 18.5 Å². The molecule has 1 aliphatic rings. The van der Waals surface area contributed by atoms with Crippen LogP contribution in [0.3, 0.4) is 0 Å². The van der Waals surface area contributed by atoms with Crippen LogP contribution in [0, 0.1) is 0 Å². The van der Waals surface area contributed by atoms with Crippen molar-refractivity contribution in [3.8, 4) is 0 Å². The number of aromatic nitrogens is 4. The van der Waals surface area contributed by atoms with Gasteiger partial charge in [0.15, 0.2) is 5.69 Å². The summed E-state index contributed by atoms with van der Waals surface area (Å²) in [4.78, 5) is 0. The maximum atomic E-state index is 12.7. The summed E-state index contributed by atoms with van der Waals surface area (Å²) >= 11 is 0. The van der Waals surface area contributed by atoms with Crippen molar-refractivity contribution in [1.82, 2.24) is 19.6 Å². The van der Waals surface area contributed by atoms with Gasteiger partial charge < -0.3 is 5.32 Å². The number of nitrogens with zero attached hydrogens (tertiary/aromatic N) is 4. The molecule has 1 unspecified atom stereocenters. The van der Waals surface area contributed by atoms with E-state index in [0.29, 0.717) is 18.8 Å². The zero-order valence-electron chi connectivity index (χ0n) is 10.9. The molecule has 1 atom stereocenters.